The van der Waals surface area contributed by atoms with Crippen molar-refractivity contribution in [3.63, 3.8) is 0 Å². The molecule has 5 heteroatoms. The number of pyridine rings is 1. The van der Waals surface area contributed by atoms with Crippen LogP contribution >= 0.6 is 0 Å². The Bertz CT molecular complexity index is 486. The second kappa shape index (κ2) is 5.94. The second-order valence-corrected chi connectivity index (χ2v) is 3.92. The molecule has 5 nitrogen and oxygen atoms in total. The Balaban J connectivity index is 2.92. The zero-order valence-corrected chi connectivity index (χ0v) is 10.1. The minimum Gasteiger partial charge on any atom is -0.493 e. The van der Waals surface area contributed by atoms with Crippen molar-refractivity contribution in [3.05, 3.63) is 21.5 Å². The van der Waals surface area contributed by atoms with Gasteiger partial charge in [0.25, 0.3) is 5.56 Å². The smallest absolute Gasteiger partial charge is 0.269 e. The summed E-state index contributed by atoms with van der Waals surface area (Å²) in [6.07, 6.45) is 3.19. The van der Waals surface area contributed by atoms with Gasteiger partial charge in [0.2, 0.25) is 5.88 Å². The third-order valence-electron chi connectivity index (χ3n) is 2.64. The maximum absolute atomic E-state index is 11.4. The van der Waals surface area contributed by atoms with E-state index in [1.54, 1.807) is 6.92 Å². The molecule has 1 heterocycles. The molecule has 17 heavy (non-hydrogen) atoms. The predicted octanol–water partition coefficient (Wildman–Crippen LogP) is 1.86. The van der Waals surface area contributed by atoms with Crippen LogP contribution in [-0.2, 0) is 0 Å². The highest BCUT2D eigenvalue weighted by Crippen LogP contribution is 2.24. The highest BCUT2D eigenvalue weighted by atomic mass is 16.3. The van der Waals surface area contributed by atoms with E-state index >= 15 is 0 Å². The minimum atomic E-state index is -0.554. The number of nitriles is 1. The summed E-state index contributed by atoms with van der Waals surface area (Å²) in [5.74, 6) is -0.206. The number of aromatic nitrogens is 1. The lowest BCUT2D eigenvalue weighted by Crippen LogP contribution is -2.15. The largest absolute Gasteiger partial charge is 0.493 e. The Morgan fingerprint density at radius 3 is 2.76 bits per heavy atom. The lowest BCUT2D eigenvalue weighted by molar-refractivity contribution is 0.453. The van der Waals surface area contributed by atoms with E-state index in [4.69, 9.17) is 5.26 Å². The predicted molar refractivity (Wildman–Crippen MR) is 66.2 cm³/mol. The number of hydrogen-bond donors (Lipinski definition) is 3. The van der Waals surface area contributed by atoms with Gasteiger partial charge in [-0.3, -0.25) is 9.78 Å². The molecule has 1 aromatic heterocycles. The highest BCUT2D eigenvalue weighted by molar-refractivity contribution is 5.62. The van der Waals surface area contributed by atoms with Gasteiger partial charge in [0.1, 0.15) is 11.6 Å². The van der Waals surface area contributed by atoms with Crippen LogP contribution in [-0.4, -0.2) is 16.6 Å². The Morgan fingerprint density at radius 1 is 1.47 bits per heavy atom. The first kappa shape index (κ1) is 13.1. The molecule has 0 amide bonds. The summed E-state index contributed by atoms with van der Waals surface area (Å²) in [6, 6.07) is 1.84. The van der Waals surface area contributed by atoms with E-state index in [0.717, 1.165) is 19.3 Å². The van der Waals surface area contributed by atoms with Crippen molar-refractivity contribution in [2.45, 2.75) is 33.1 Å². The molecule has 92 valence electrons. The van der Waals surface area contributed by atoms with Crippen molar-refractivity contribution in [3.8, 4) is 11.9 Å². The second-order valence-electron chi connectivity index (χ2n) is 3.92. The SMILES string of the molecule is CCCCCNc1c(O)[nH]c(=O)c(C#N)c1C. The number of rotatable bonds is 5. The zero-order chi connectivity index (χ0) is 12.8. The first-order valence-electron chi connectivity index (χ1n) is 5.71. The van der Waals surface area contributed by atoms with E-state index in [1.807, 2.05) is 6.07 Å². The molecule has 0 aliphatic carbocycles. The normalized spacial score (nSPS) is 9.94. The average molecular weight is 235 g/mol. The van der Waals surface area contributed by atoms with Crippen LogP contribution in [0, 0.1) is 18.3 Å². The number of hydrogen-bond acceptors (Lipinski definition) is 4. The van der Waals surface area contributed by atoms with Crippen LogP contribution in [0.1, 0.15) is 37.3 Å². The van der Waals surface area contributed by atoms with Gasteiger partial charge in [-0.15, -0.1) is 0 Å². The molecule has 1 aromatic rings. The third-order valence-corrected chi connectivity index (χ3v) is 2.64. The topological polar surface area (TPSA) is 88.9 Å². The zero-order valence-electron chi connectivity index (χ0n) is 10.1. The molecular formula is C12H17N3O2. The summed E-state index contributed by atoms with van der Waals surface area (Å²) in [4.78, 5) is 13.6. The van der Waals surface area contributed by atoms with E-state index < -0.39 is 5.56 Å². The van der Waals surface area contributed by atoms with E-state index in [0.29, 0.717) is 17.8 Å². The van der Waals surface area contributed by atoms with Crippen LogP contribution in [0.15, 0.2) is 4.79 Å². The molecule has 0 aliphatic rings. The van der Waals surface area contributed by atoms with Crippen molar-refractivity contribution < 1.29 is 5.11 Å². The number of unbranched alkanes of at least 4 members (excludes halogenated alkanes) is 2. The standard InChI is InChI=1S/C12H17N3O2/c1-3-4-5-6-14-10-8(2)9(7-13)11(16)15-12(10)17/h14H,3-6H2,1-2H3,(H2,15,16,17). The molecule has 0 fully saturated rings. The maximum Gasteiger partial charge on any atom is 0.269 e. The Kier molecular flexibility index (Phi) is 4.58. The van der Waals surface area contributed by atoms with E-state index in [-0.39, 0.29) is 11.4 Å². The number of anilines is 1. The van der Waals surface area contributed by atoms with Gasteiger partial charge in [-0.25, -0.2) is 0 Å². The van der Waals surface area contributed by atoms with Gasteiger partial charge in [-0.1, -0.05) is 19.8 Å². The summed E-state index contributed by atoms with van der Waals surface area (Å²) in [5.41, 5.74) is 0.421. The summed E-state index contributed by atoms with van der Waals surface area (Å²) in [6.45, 7) is 4.46. The van der Waals surface area contributed by atoms with Crippen LogP contribution in [0.3, 0.4) is 0 Å². The highest BCUT2D eigenvalue weighted by Gasteiger charge is 2.13. The molecule has 0 radical (unpaired) electrons. The fraction of sp³-hybridized carbons (Fsp3) is 0.500. The minimum absolute atomic E-state index is 0.0424. The number of H-pyrrole nitrogens is 1. The molecular weight excluding hydrogens is 218 g/mol. The number of aromatic hydroxyl groups is 1. The van der Waals surface area contributed by atoms with Crippen LogP contribution in [0.2, 0.25) is 0 Å². The first-order valence-corrected chi connectivity index (χ1v) is 5.71. The van der Waals surface area contributed by atoms with Crippen LogP contribution < -0.4 is 10.9 Å². The number of nitrogens with one attached hydrogen (secondary N) is 2. The van der Waals surface area contributed by atoms with Gasteiger partial charge in [0, 0.05) is 12.1 Å². The molecule has 0 unspecified atom stereocenters. The molecule has 0 aromatic carbocycles. The van der Waals surface area contributed by atoms with Gasteiger partial charge in [0.05, 0.1) is 5.69 Å². The molecule has 0 saturated carbocycles. The number of nitrogens with zero attached hydrogens (tertiary/aromatic N) is 1. The fourth-order valence-electron chi connectivity index (χ4n) is 1.64. The number of aromatic amines is 1. The van der Waals surface area contributed by atoms with E-state index in [1.165, 1.54) is 0 Å². The van der Waals surface area contributed by atoms with Gasteiger partial charge >= 0.3 is 0 Å². The first-order chi connectivity index (χ1) is 8.11. The van der Waals surface area contributed by atoms with Crippen LogP contribution in [0.4, 0.5) is 5.69 Å². The Labute approximate surface area is 100 Å². The van der Waals surface area contributed by atoms with Crippen molar-refractivity contribution in [2.75, 3.05) is 11.9 Å². The quantitative estimate of drug-likeness (QED) is 0.679. The lowest BCUT2D eigenvalue weighted by atomic mass is 10.1. The molecule has 0 aliphatic heterocycles. The van der Waals surface area contributed by atoms with E-state index in [2.05, 4.69) is 17.2 Å². The van der Waals surface area contributed by atoms with Gasteiger partial charge in [-0.05, 0) is 13.3 Å². The molecule has 0 spiro atoms. The summed E-state index contributed by atoms with van der Waals surface area (Å²) in [7, 11) is 0. The third kappa shape index (κ3) is 3.00. The van der Waals surface area contributed by atoms with Crippen LogP contribution in [0.25, 0.3) is 0 Å². The average Bonchev–Trinajstić information content (AvgIpc) is 2.28. The maximum atomic E-state index is 11.4. The van der Waals surface area contributed by atoms with Gasteiger partial charge in [0.15, 0.2) is 0 Å². The molecule has 1 rings (SSSR count). The molecule has 3 N–H and O–H groups in total. The fourth-order valence-corrected chi connectivity index (χ4v) is 1.64. The van der Waals surface area contributed by atoms with Crippen molar-refractivity contribution in [2.24, 2.45) is 0 Å². The molecule has 0 saturated heterocycles. The Hall–Kier alpha value is -1.96. The van der Waals surface area contributed by atoms with Gasteiger partial charge in [-0.2, -0.15) is 5.26 Å². The monoisotopic (exact) mass is 235 g/mol. The lowest BCUT2D eigenvalue weighted by Gasteiger charge is -2.11. The van der Waals surface area contributed by atoms with E-state index in [9.17, 15) is 9.90 Å². The summed E-state index contributed by atoms with van der Waals surface area (Å²) < 4.78 is 0. The van der Waals surface area contributed by atoms with Crippen molar-refractivity contribution in [1.82, 2.24) is 4.98 Å². The summed E-state index contributed by atoms with van der Waals surface area (Å²) >= 11 is 0. The molecule has 0 bridgehead atoms. The Morgan fingerprint density at radius 2 is 2.18 bits per heavy atom. The van der Waals surface area contributed by atoms with Crippen molar-refractivity contribution >= 4 is 5.69 Å². The van der Waals surface area contributed by atoms with Gasteiger partial charge < -0.3 is 10.4 Å². The van der Waals surface area contributed by atoms with Crippen LogP contribution in [0.5, 0.6) is 5.88 Å². The summed E-state index contributed by atoms with van der Waals surface area (Å²) in [5, 5.41) is 21.5. The van der Waals surface area contributed by atoms with Crippen molar-refractivity contribution in [1.29, 1.82) is 5.26 Å². The molecule has 0 atom stereocenters.